The van der Waals surface area contributed by atoms with E-state index in [2.05, 4.69) is 20.8 Å². The largest absolute Gasteiger partial charge is 0.332 e. The van der Waals surface area contributed by atoms with Crippen LogP contribution >= 0.6 is 0 Å². The molecule has 15 heavy (non-hydrogen) atoms. The molecule has 1 atom stereocenters. The molecule has 1 aliphatic rings. The molecule has 1 aromatic rings. The van der Waals surface area contributed by atoms with E-state index in [1.807, 2.05) is 29.2 Å². The molecule has 2 nitrogen and oxygen atoms in total. The molecule has 2 heteroatoms. The van der Waals surface area contributed by atoms with Gasteiger partial charge in [-0.15, -0.1) is 0 Å². The van der Waals surface area contributed by atoms with Crippen molar-refractivity contribution < 1.29 is 4.79 Å². The highest BCUT2D eigenvalue weighted by Crippen LogP contribution is 2.21. The highest BCUT2D eigenvalue weighted by molar-refractivity contribution is 5.96. The van der Waals surface area contributed by atoms with Crippen LogP contribution in [0.3, 0.4) is 0 Å². The molecule has 1 fully saturated rings. The van der Waals surface area contributed by atoms with Crippen LogP contribution in [0, 0.1) is 0 Å². The summed E-state index contributed by atoms with van der Waals surface area (Å²) in [5, 5.41) is 0. The fourth-order valence-corrected chi connectivity index (χ4v) is 1.70. The van der Waals surface area contributed by atoms with Gasteiger partial charge in [0.05, 0.1) is 0 Å². The summed E-state index contributed by atoms with van der Waals surface area (Å²) in [6.07, 6.45) is 0. The summed E-state index contributed by atoms with van der Waals surface area (Å²) in [7, 11) is 0. The predicted octanol–water partition coefficient (Wildman–Crippen LogP) is 2.65. The van der Waals surface area contributed by atoms with Crippen LogP contribution in [0.1, 0.15) is 42.6 Å². The molecule has 0 radical (unpaired) electrons. The Hall–Kier alpha value is -1.31. The van der Waals surface area contributed by atoms with E-state index in [4.69, 9.17) is 0 Å². The second kappa shape index (κ2) is 3.69. The van der Waals surface area contributed by atoms with Gasteiger partial charge in [-0.3, -0.25) is 4.79 Å². The molecule has 0 N–H and O–H groups in total. The fourth-order valence-electron chi connectivity index (χ4n) is 1.70. The van der Waals surface area contributed by atoms with Crippen molar-refractivity contribution in [3.05, 3.63) is 35.4 Å². The van der Waals surface area contributed by atoms with E-state index < -0.39 is 0 Å². The summed E-state index contributed by atoms with van der Waals surface area (Å²) in [6.45, 7) is 7.29. The van der Waals surface area contributed by atoms with E-state index >= 15 is 0 Å². The number of hydrogen-bond acceptors (Lipinski definition) is 1. The van der Waals surface area contributed by atoms with E-state index in [1.54, 1.807) is 0 Å². The first-order chi connectivity index (χ1) is 7.09. The first-order valence-electron chi connectivity index (χ1n) is 5.50. The minimum absolute atomic E-state index is 0.165. The molecule has 80 valence electrons. The highest BCUT2D eigenvalue weighted by Gasteiger charge is 2.34. The molecular formula is C13H17NO. The van der Waals surface area contributed by atoms with Crippen molar-refractivity contribution in [3.63, 3.8) is 0 Å². The lowest BCUT2D eigenvalue weighted by atomic mass is 10.0. The fraction of sp³-hybridized carbons (Fsp3) is 0.462. The molecule has 0 aromatic heterocycles. The topological polar surface area (TPSA) is 20.1 Å². The normalized spacial score (nSPS) is 19.5. The van der Waals surface area contributed by atoms with Gasteiger partial charge < -0.3 is 4.90 Å². The monoisotopic (exact) mass is 203 g/mol. The zero-order chi connectivity index (χ0) is 11.0. The lowest BCUT2D eigenvalue weighted by Gasteiger charge is -2.07. The number of benzene rings is 1. The molecule has 1 unspecified atom stereocenters. The van der Waals surface area contributed by atoms with Crippen LogP contribution in [0.15, 0.2) is 24.3 Å². The van der Waals surface area contributed by atoms with Crippen LogP contribution < -0.4 is 0 Å². The Morgan fingerprint density at radius 2 is 1.87 bits per heavy atom. The van der Waals surface area contributed by atoms with Crippen LogP contribution in [0.25, 0.3) is 0 Å². The third-order valence-corrected chi connectivity index (χ3v) is 2.94. The predicted molar refractivity (Wildman–Crippen MR) is 61.0 cm³/mol. The van der Waals surface area contributed by atoms with Crippen LogP contribution in [-0.2, 0) is 0 Å². The number of rotatable bonds is 2. The maximum absolute atomic E-state index is 11.8. The lowest BCUT2D eigenvalue weighted by Crippen LogP contribution is -2.12. The van der Waals surface area contributed by atoms with Crippen LogP contribution in [0.4, 0.5) is 0 Å². The average molecular weight is 203 g/mol. The summed E-state index contributed by atoms with van der Waals surface area (Å²) in [4.78, 5) is 13.7. The number of nitrogens with zero attached hydrogens (tertiary/aromatic N) is 1. The minimum Gasteiger partial charge on any atom is -0.332 e. The highest BCUT2D eigenvalue weighted by atomic mass is 16.2. The van der Waals surface area contributed by atoms with Crippen molar-refractivity contribution >= 4 is 5.91 Å². The summed E-state index contributed by atoms with van der Waals surface area (Å²) < 4.78 is 0. The van der Waals surface area contributed by atoms with E-state index in [-0.39, 0.29) is 5.91 Å². The van der Waals surface area contributed by atoms with E-state index in [0.717, 1.165) is 12.1 Å². The molecule has 0 bridgehead atoms. The van der Waals surface area contributed by atoms with Gasteiger partial charge in [0.15, 0.2) is 0 Å². The third-order valence-electron chi connectivity index (χ3n) is 2.94. The summed E-state index contributed by atoms with van der Waals surface area (Å²) >= 11 is 0. The zero-order valence-electron chi connectivity index (χ0n) is 9.53. The number of carbonyl (C=O) groups excluding carboxylic acids is 1. The van der Waals surface area contributed by atoms with Gasteiger partial charge in [0.1, 0.15) is 0 Å². The van der Waals surface area contributed by atoms with Gasteiger partial charge in [-0.1, -0.05) is 26.0 Å². The minimum atomic E-state index is 0.165. The van der Waals surface area contributed by atoms with Crippen molar-refractivity contribution in [2.24, 2.45) is 0 Å². The third kappa shape index (κ3) is 2.04. The van der Waals surface area contributed by atoms with Gasteiger partial charge >= 0.3 is 0 Å². The maximum atomic E-state index is 11.8. The van der Waals surface area contributed by atoms with Gasteiger partial charge in [-0.2, -0.15) is 0 Å². The molecule has 1 aromatic carbocycles. The smallest absolute Gasteiger partial charge is 0.254 e. The summed E-state index contributed by atoms with van der Waals surface area (Å²) in [5.41, 5.74) is 2.09. The van der Waals surface area contributed by atoms with Gasteiger partial charge in [0.2, 0.25) is 0 Å². The maximum Gasteiger partial charge on any atom is 0.254 e. The van der Waals surface area contributed by atoms with E-state index in [9.17, 15) is 4.79 Å². The summed E-state index contributed by atoms with van der Waals surface area (Å²) in [6, 6.07) is 8.39. The zero-order valence-corrected chi connectivity index (χ0v) is 9.53. The standard InChI is InChI=1S/C13H17NO/c1-9(2)11-4-6-12(7-5-11)13(15)14-8-10(14)3/h4-7,9-10H,8H2,1-3H3. The first-order valence-corrected chi connectivity index (χ1v) is 5.50. The van der Waals surface area contributed by atoms with Gasteiger partial charge in [-0.05, 0) is 30.5 Å². The molecule has 2 rings (SSSR count). The van der Waals surface area contributed by atoms with E-state index in [1.165, 1.54) is 5.56 Å². The molecule has 1 heterocycles. The molecule has 0 saturated carbocycles. The van der Waals surface area contributed by atoms with E-state index in [0.29, 0.717) is 12.0 Å². The Morgan fingerprint density at radius 1 is 1.33 bits per heavy atom. The SMILES string of the molecule is CC(C)c1ccc(C(=O)N2CC2C)cc1. The average Bonchev–Trinajstić information content (AvgIpc) is 2.94. The molecule has 0 spiro atoms. The summed E-state index contributed by atoms with van der Waals surface area (Å²) in [5.74, 6) is 0.687. The van der Waals surface area contributed by atoms with Crippen molar-refractivity contribution in [1.29, 1.82) is 0 Å². The molecule has 0 aliphatic carbocycles. The van der Waals surface area contributed by atoms with Crippen molar-refractivity contribution in [2.75, 3.05) is 6.54 Å². The first kappa shape index (κ1) is 10.2. The molecule has 1 saturated heterocycles. The Labute approximate surface area is 90.9 Å². The quantitative estimate of drug-likeness (QED) is 0.677. The second-order valence-electron chi connectivity index (χ2n) is 4.58. The molecular weight excluding hydrogens is 186 g/mol. The van der Waals surface area contributed by atoms with Gasteiger partial charge in [-0.25, -0.2) is 0 Å². The number of hydrogen-bond donors (Lipinski definition) is 0. The Kier molecular flexibility index (Phi) is 2.51. The van der Waals surface area contributed by atoms with Crippen LogP contribution in [0.2, 0.25) is 0 Å². The Bertz CT molecular complexity index is 367. The van der Waals surface area contributed by atoms with Crippen LogP contribution in [0.5, 0.6) is 0 Å². The molecule has 1 aliphatic heterocycles. The number of amides is 1. The lowest BCUT2D eigenvalue weighted by molar-refractivity contribution is 0.0876. The second-order valence-corrected chi connectivity index (χ2v) is 4.58. The van der Waals surface area contributed by atoms with Crippen molar-refractivity contribution in [1.82, 2.24) is 4.90 Å². The number of carbonyl (C=O) groups is 1. The van der Waals surface area contributed by atoms with Crippen molar-refractivity contribution in [2.45, 2.75) is 32.7 Å². The van der Waals surface area contributed by atoms with Crippen LogP contribution in [-0.4, -0.2) is 23.4 Å². The van der Waals surface area contributed by atoms with Gasteiger partial charge in [0, 0.05) is 18.2 Å². The van der Waals surface area contributed by atoms with Gasteiger partial charge in [0.25, 0.3) is 5.91 Å². The van der Waals surface area contributed by atoms with Crippen molar-refractivity contribution in [3.8, 4) is 0 Å². The Balaban J connectivity index is 2.13. The molecule has 1 amide bonds. The Morgan fingerprint density at radius 3 is 2.27 bits per heavy atom.